The number of carbonyl (C=O) groups is 1. The van der Waals surface area contributed by atoms with Crippen LogP contribution in [0.1, 0.15) is 16.7 Å². The smallest absolute Gasteiger partial charge is 0.368 e. The van der Waals surface area contributed by atoms with Gasteiger partial charge < -0.3 is 15.1 Å². The van der Waals surface area contributed by atoms with E-state index in [9.17, 15) is 18.0 Å². The second kappa shape index (κ2) is 9.29. The molecular weight excluding hydrogens is 421 g/mol. The molecule has 1 aliphatic rings. The Morgan fingerprint density at radius 1 is 1.00 bits per heavy atom. The molecule has 168 valence electrons. The Balaban J connectivity index is 1.28. The highest BCUT2D eigenvalue weighted by Gasteiger charge is 2.31. The zero-order chi connectivity index (χ0) is 22.6. The quantitative estimate of drug-likeness (QED) is 0.655. The minimum Gasteiger partial charge on any atom is -0.368 e. The zero-order valence-corrected chi connectivity index (χ0v) is 17.3. The van der Waals surface area contributed by atoms with Gasteiger partial charge in [0.15, 0.2) is 0 Å². The first-order chi connectivity index (χ1) is 15.4. The van der Waals surface area contributed by atoms with E-state index in [1.54, 1.807) is 22.0 Å². The molecular formula is C22H23F3N6O. The van der Waals surface area contributed by atoms with Crippen molar-refractivity contribution in [3.8, 4) is 0 Å². The number of anilines is 1. The van der Waals surface area contributed by atoms with Crippen LogP contribution in [0.3, 0.4) is 0 Å². The average molecular weight is 444 g/mol. The Hall–Kier alpha value is -3.56. The summed E-state index contributed by atoms with van der Waals surface area (Å²) in [6.45, 7) is 2.81. The van der Waals surface area contributed by atoms with Crippen LogP contribution in [0.25, 0.3) is 0 Å². The Labute approximate surface area is 183 Å². The highest BCUT2D eigenvalue weighted by atomic mass is 19.4. The van der Waals surface area contributed by atoms with E-state index >= 15 is 0 Å². The lowest BCUT2D eigenvalue weighted by Crippen LogP contribution is -2.51. The monoisotopic (exact) mass is 444 g/mol. The molecule has 1 N–H and O–H groups in total. The molecule has 7 nitrogen and oxygen atoms in total. The van der Waals surface area contributed by atoms with Gasteiger partial charge in [-0.05, 0) is 29.3 Å². The molecule has 4 rings (SSSR count). The number of urea groups is 1. The summed E-state index contributed by atoms with van der Waals surface area (Å²) in [6, 6.07) is 13.0. The predicted octanol–water partition coefficient (Wildman–Crippen LogP) is 3.38. The first kappa shape index (κ1) is 21.7. The summed E-state index contributed by atoms with van der Waals surface area (Å²) in [7, 11) is 0. The Morgan fingerprint density at radius 3 is 2.47 bits per heavy atom. The van der Waals surface area contributed by atoms with Gasteiger partial charge in [-0.3, -0.25) is 0 Å². The minimum absolute atomic E-state index is 0.185. The van der Waals surface area contributed by atoms with E-state index in [4.69, 9.17) is 0 Å². The molecule has 2 heterocycles. The summed E-state index contributed by atoms with van der Waals surface area (Å²) < 4.78 is 40.6. The molecule has 0 atom stereocenters. The van der Waals surface area contributed by atoms with Crippen molar-refractivity contribution in [1.29, 1.82) is 0 Å². The second-order valence-corrected chi connectivity index (χ2v) is 7.59. The van der Waals surface area contributed by atoms with E-state index in [-0.39, 0.29) is 6.03 Å². The number of carbonyl (C=O) groups excluding carboxylic acids is 1. The number of amides is 2. The van der Waals surface area contributed by atoms with Crippen LogP contribution in [-0.2, 0) is 19.3 Å². The number of benzene rings is 2. The van der Waals surface area contributed by atoms with E-state index in [0.717, 1.165) is 23.3 Å². The molecule has 1 saturated heterocycles. The van der Waals surface area contributed by atoms with Crippen molar-refractivity contribution in [2.75, 3.05) is 31.1 Å². The van der Waals surface area contributed by atoms with E-state index in [2.05, 4.69) is 15.4 Å². The van der Waals surface area contributed by atoms with Crippen LogP contribution in [0.4, 0.5) is 23.7 Å². The molecule has 1 fully saturated rings. The van der Waals surface area contributed by atoms with E-state index < -0.39 is 11.7 Å². The molecule has 10 heteroatoms. The fraction of sp³-hybridized carbons (Fsp3) is 0.318. The van der Waals surface area contributed by atoms with Gasteiger partial charge in [0, 0.05) is 38.4 Å². The van der Waals surface area contributed by atoms with Gasteiger partial charge in [-0.2, -0.15) is 18.3 Å². The molecule has 2 amide bonds. The molecule has 0 radical (unpaired) electrons. The van der Waals surface area contributed by atoms with Gasteiger partial charge in [0.05, 0.1) is 12.1 Å². The van der Waals surface area contributed by atoms with Gasteiger partial charge in [-0.25, -0.2) is 14.5 Å². The third kappa shape index (κ3) is 5.37. The number of rotatable bonds is 5. The summed E-state index contributed by atoms with van der Waals surface area (Å²) in [6.07, 6.45) is -1.24. The van der Waals surface area contributed by atoms with Gasteiger partial charge in [-0.1, -0.05) is 30.3 Å². The topological polar surface area (TPSA) is 66.3 Å². The van der Waals surface area contributed by atoms with Crippen LogP contribution >= 0.6 is 0 Å². The fourth-order valence-electron chi connectivity index (χ4n) is 3.68. The minimum atomic E-state index is -4.37. The SMILES string of the molecule is O=C(NCc1cccc(Cn2cncn2)c1)N1CCN(c2cccc(C(F)(F)F)c2)CC1. The number of hydrogen-bond acceptors (Lipinski definition) is 4. The Bertz CT molecular complexity index is 1050. The molecule has 1 aromatic heterocycles. The van der Waals surface area contributed by atoms with Gasteiger partial charge in [0.1, 0.15) is 12.7 Å². The van der Waals surface area contributed by atoms with E-state index in [1.807, 2.05) is 29.2 Å². The van der Waals surface area contributed by atoms with Crippen LogP contribution in [-0.4, -0.2) is 51.9 Å². The van der Waals surface area contributed by atoms with Gasteiger partial charge in [0.2, 0.25) is 0 Å². The number of nitrogens with one attached hydrogen (secondary N) is 1. The fourth-order valence-corrected chi connectivity index (χ4v) is 3.68. The average Bonchev–Trinajstić information content (AvgIpc) is 3.30. The molecule has 0 saturated carbocycles. The number of nitrogens with zero attached hydrogens (tertiary/aromatic N) is 5. The summed E-state index contributed by atoms with van der Waals surface area (Å²) in [5.74, 6) is 0. The largest absolute Gasteiger partial charge is 0.416 e. The van der Waals surface area contributed by atoms with Crippen LogP contribution in [0.5, 0.6) is 0 Å². The lowest BCUT2D eigenvalue weighted by molar-refractivity contribution is -0.137. The third-order valence-corrected chi connectivity index (χ3v) is 5.35. The van der Waals surface area contributed by atoms with Crippen LogP contribution in [0.15, 0.2) is 61.2 Å². The Kier molecular flexibility index (Phi) is 6.29. The van der Waals surface area contributed by atoms with Crippen molar-refractivity contribution in [1.82, 2.24) is 25.0 Å². The summed E-state index contributed by atoms with van der Waals surface area (Å²) in [5, 5.41) is 7.01. The maximum absolute atomic E-state index is 13.0. The number of aromatic nitrogens is 3. The van der Waals surface area contributed by atoms with Crippen LogP contribution in [0.2, 0.25) is 0 Å². The highest BCUT2D eigenvalue weighted by molar-refractivity contribution is 5.74. The molecule has 0 bridgehead atoms. The van der Waals surface area contributed by atoms with Crippen LogP contribution in [0, 0.1) is 0 Å². The zero-order valence-electron chi connectivity index (χ0n) is 17.3. The van der Waals surface area contributed by atoms with Crippen molar-refractivity contribution in [2.24, 2.45) is 0 Å². The van der Waals surface area contributed by atoms with Crippen LogP contribution < -0.4 is 10.2 Å². The van der Waals surface area contributed by atoms with Crippen molar-refractivity contribution in [3.05, 3.63) is 77.9 Å². The number of alkyl halides is 3. The van der Waals surface area contributed by atoms with Gasteiger partial charge in [0.25, 0.3) is 0 Å². The molecule has 32 heavy (non-hydrogen) atoms. The molecule has 3 aromatic rings. The Morgan fingerprint density at radius 2 is 1.75 bits per heavy atom. The maximum atomic E-state index is 13.0. The number of hydrogen-bond donors (Lipinski definition) is 1. The second-order valence-electron chi connectivity index (χ2n) is 7.59. The lowest BCUT2D eigenvalue weighted by atomic mass is 10.1. The maximum Gasteiger partial charge on any atom is 0.416 e. The van der Waals surface area contributed by atoms with Crippen molar-refractivity contribution < 1.29 is 18.0 Å². The molecule has 1 aliphatic heterocycles. The first-order valence-electron chi connectivity index (χ1n) is 10.2. The third-order valence-electron chi connectivity index (χ3n) is 5.35. The van der Waals surface area contributed by atoms with Crippen molar-refractivity contribution in [2.45, 2.75) is 19.3 Å². The molecule has 0 unspecified atom stereocenters. The summed E-state index contributed by atoms with van der Waals surface area (Å²) in [4.78, 5) is 20.0. The molecule has 0 aliphatic carbocycles. The van der Waals surface area contributed by atoms with E-state index in [0.29, 0.717) is 45.0 Å². The first-order valence-corrected chi connectivity index (χ1v) is 10.2. The lowest BCUT2D eigenvalue weighted by Gasteiger charge is -2.36. The number of piperazine rings is 1. The predicted molar refractivity (Wildman–Crippen MR) is 113 cm³/mol. The summed E-state index contributed by atoms with van der Waals surface area (Å²) >= 11 is 0. The standard InChI is InChI=1S/C22H23F3N6O/c23-22(24,25)19-5-2-6-20(12-19)29-7-9-30(10-8-29)21(32)27-13-17-3-1-4-18(11-17)14-31-16-26-15-28-31/h1-6,11-12,15-16H,7-10,13-14H2,(H,27,32). The van der Waals surface area contributed by atoms with E-state index in [1.165, 1.54) is 12.4 Å². The molecule has 0 spiro atoms. The van der Waals surface area contributed by atoms with Crippen molar-refractivity contribution in [3.63, 3.8) is 0 Å². The molecule has 2 aromatic carbocycles. The highest BCUT2D eigenvalue weighted by Crippen LogP contribution is 2.31. The normalized spacial score (nSPS) is 14.5. The van der Waals surface area contributed by atoms with Gasteiger partial charge >= 0.3 is 12.2 Å². The van der Waals surface area contributed by atoms with Gasteiger partial charge in [-0.15, -0.1) is 0 Å². The summed E-state index contributed by atoms with van der Waals surface area (Å²) in [5.41, 5.74) is 1.88. The van der Waals surface area contributed by atoms with Crippen molar-refractivity contribution >= 4 is 11.7 Å². The number of halogens is 3.